The number of nitrogens with two attached hydrogens (primary N) is 1. The molecule has 2 N–H and O–H groups in total. The first-order valence-electron chi connectivity index (χ1n) is 9.28. The molecule has 0 aromatic carbocycles. The molecule has 1 unspecified atom stereocenters. The zero-order valence-corrected chi connectivity index (χ0v) is 14.6. The van der Waals surface area contributed by atoms with Crippen LogP contribution < -0.4 is 5.73 Å². The summed E-state index contributed by atoms with van der Waals surface area (Å²) in [7, 11) is 0. The van der Waals surface area contributed by atoms with E-state index in [0.717, 1.165) is 12.8 Å². The Balaban J connectivity index is 3.15. The van der Waals surface area contributed by atoms with Gasteiger partial charge in [-0.3, -0.25) is 0 Å². The van der Waals surface area contributed by atoms with Gasteiger partial charge in [0.2, 0.25) is 6.08 Å². The highest BCUT2D eigenvalue weighted by Crippen LogP contribution is 2.10. The summed E-state index contributed by atoms with van der Waals surface area (Å²) in [5.41, 5.74) is 5.60. The molecule has 0 aromatic heterocycles. The fourth-order valence-electron chi connectivity index (χ4n) is 2.56. The van der Waals surface area contributed by atoms with Crippen LogP contribution in [0.15, 0.2) is 17.1 Å². The lowest BCUT2D eigenvalue weighted by Crippen LogP contribution is -2.16. The van der Waals surface area contributed by atoms with Crippen molar-refractivity contribution in [2.45, 2.75) is 103 Å². The smallest absolute Gasteiger partial charge is 0.236 e. The number of rotatable bonds is 16. The maximum Gasteiger partial charge on any atom is 0.236 e. The highest BCUT2D eigenvalue weighted by Gasteiger charge is 1.98. The molecule has 0 radical (unpaired) electrons. The Labute approximate surface area is 137 Å². The standard InChI is InChI=1S/C19H36N2O/c1-2-3-4-5-6-7-8-9-10-11-12-13-14-15-16-17-19(20)21-18-22/h9-10,19H,2-8,11-17,20H2,1H3/b10-9-. The van der Waals surface area contributed by atoms with Gasteiger partial charge in [0, 0.05) is 0 Å². The maximum atomic E-state index is 10.00. The zero-order chi connectivity index (χ0) is 16.3. The molecule has 0 aliphatic carbocycles. The molecule has 128 valence electrons. The Morgan fingerprint density at radius 1 is 0.864 bits per heavy atom. The third-order valence-corrected chi connectivity index (χ3v) is 3.98. The molecule has 0 aromatic rings. The van der Waals surface area contributed by atoms with Crippen LogP contribution in [0.1, 0.15) is 96.8 Å². The average Bonchev–Trinajstić information content (AvgIpc) is 2.51. The molecule has 0 saturated heterocycles. The number of aliphatic imine (C=N–C) groups is 1. The Morgan fingerprint density at radius 3 is 1.91 bits per heavy atom. The number of isocyanates is 1. The van der Waals surface area contributed by atoms with Gasteiger partial charge in [-0.15, -0.1) is 0 Å². The van der Waals surface area contributed by atoms with Gasteiger partial charge in [-0.05, 0) is 38.5 Å². The van der Waals surface area contributed by atoms with Crippen molar-refractivity contribution in [2.75, 3.05) is 0 Å². The Bertz CT molecular complexity index is 296. The van der Waals surface area contributed by atoms with Gasteiger partial charge in [0.05, 0.1) is 0 Å². The molecule has 3 nitrogen and oxygen atoms in total. The first kappa shape index (κ1) is 21.1. The van der Waals surface area contributed by atoms with E-state index in [4.69, 9.17) is 5.73 Å². The van der Waals surface area contributed by atoms with Gasteiger partial charge in [0.25, 0.3) is 0 Å². The molecule has 1 atom stereocenters. The van der Waals surface area contributed by atoms with Crippen molar-refractivity contribution >= 4 is 6.08 Å². The average molecular weight is 309 g/mol. The van der Waals surface area contributed by atoms with Crippen LogP contribution in [0, 0.1) is 0 Å². The van der Waals surface area contributed by atoms with Crippen LogP contribution in [0.2, 0.25) is 0 Å². The summed E-state index contributed by atoms with van der Waals surface area (Å²) in [4.78, 5) is 13.5. The topological polar surface area (TPSA) is 55.4 Å². The summed E-state index contributed by atoms with van der Waals surface area (Å²) in [5.74, 6) is 0. The quantitative estimate of drug-likeness (QED) is 0.173. The molecule has 0 rings (SSSR count). The summed E-state index contributed by atoms with van der Waals surface area (Å²) >= 11 is 0. The fourth-order valence-corrected chi connectivity index (χ4v) is 2.56. The normalized spacial score (nSPS) is 12.5. The van der Waals surface area contributed by atoms with E-state index >= 15 is 0 Å². The van der Waals surface area contributed by atoms with Crippen LogP contribution in [0.4, 0.5) is 0 Å². The van der Waals surface area contributed by atoms with Gasteiger partial charge < -0.3 is 5.73 Å². The van der Waals surface area contributed by atoms with Crippen molar-refractivity contribution in [2.24, 2.45) is 10.7 Å². The minimum atomic E-state index is -0.345. The second kappa shape index (κ2) is 18.1. The third kappa shape index (κ3) is 17.1. The van der Waals surface area contributed by atoms with Crippen molar-refractivity contribution in [3.05, 3.63) is 12.2 Å². The van der Waals surface area contributed by atoms with E-state index in [1.165, 1.54) is 83.1 Å². The Morgan fingerprint density at radius 2 is 1.36 bits per heavy atom. The largest absolute Gasteiger partial charge is 0.309 e. The number of allylic oxidation sites excluding steroid dienone is 2. The lowest BCUT2D eigenvalue weighted by molar-refractivity contribution is 0.531. The van der Waals surface area contributed by atoms with Crippen molar-refractivity contribution in [3.63, 3.8) is 0 Å². The van der Waals surface area contributed by atoms with Crippen LogP contribution >= 0.6 is 0 Å². The predicted molar refractivity (Wildman–Crippen MR) is 95.5 cm³/mol. The molecule has 22 heavy (non-hydrogen) atoms. The van der Waals surface area contributed by atoms with E-state index in [0.29, 0.717) is 0 Å². The lowest BCUT2D eigenvalue weighted by atomic mass is 10.1. The molecule has 0 bridgehead atoms. The second-order valence-electron chi connectivity index (χ2n) is 6.16. The molecule has 0 aliphatic rings. The number of hydrogen-bond donors (Lipinski definition) is 1. The van der Waals surface area contributed by atoms with Crippen molar-refractivity contribution < 1.29 is 4.79 Å². The summed E-state index contributed by atoms with van der Waals surface area (Å²) in [6.45, 7) is 2.26. The summed E-state index contributed by atoms with van der Waals surface area (Å²) in [6, 6.07) is 0. The van der Waals surface area contributed by atoms with Crippen LogP contribution in [-0.4, -0.2) is 12.2 Å². The molecule has 0 spiro atoms. The molecule has 0 saturated carbocycles. The number of carbonyl (C=O) groups excluding carboxylic acids is 1. The second-order valence-corrected chi connectivity index (χ2v) is 6.16. The van der Waals surface area contributed by atoms with Crippen LogP contribution in [0.3, 0.4) is 0 Å². The lowest BCUT2D eigenvalue weighted by Gasteiger charge is -2.03. The van der Waals surface area contributed by atoms with Crippen LogP contribution in [0.5, 0.6) is 0 Å². The highest BCUT2D eigenvalue weighted by molar-refractivity contribution is 5.33. The molecule has 3 heteroatoms. The molecular weight excluding hydrogens is 272 g/mol. The third-order valence-electron chi connectivity index (χ3n) is 3.98. The van der Waals surface area contributed by atoms with E-state index in [9.17, 15) is 4.79 Å². The molecule has 0 amide bonds. The zero-order valence-electron chi connectivity index (χ0n) is 14.6. The Kier molecular flexibility index (Phi) is 17.4. The van der Waals surface area contributed by atoms with Gasteiger partial charge >= 0.3 is 0 Å². The first-order chi connectivity index (χ1) is 10.8. The summed E-state index contributed by atoms with van der Waals surface area (Å²) in [5, 5.41) is 0. The molecular formula is C19H36N2O. The van der Waals surface area contributed by atoms with Crippen molar-refractivity contribution in [3.8, 4) is 0 Å². The van der Waals surface area contributed by atoms with Gasteiger partial charge in [-0.1, -0.05) is 70.4 Å². The minimum Gasteiger partial charge on any atom is -0.309 e. The fraction of sp³-hybridized carbons (Fsp3) is 0.842. The summed E-state index contributed by atoms with van der Waals surface area (Å²) < 4.78 is 0. The molecule has 0 fully saturated rings. The summed E-state index contributed by atoms with van der Waals surface area (Å²) in [6.07, 6.45) is 23.5. The highest BCUT2D eigenvalue weighted by atomic mass is 16.1. The van der Waals surface area contributed by atoms with Gasteiger partial charge in [0.15, 0.2) is 0 Å². The van der Waals surface area contributed by atoms with Gasteiger partial charge in [-0.2, -0.15) is 4.99 Å². The van der Waals surface area contributed by atoms with E-state index in [2.05, 4.69) is 24.1 Å². The molecule has 0 aliphatic heterocycles. The SMILES string of the molecule is CCCCCCCC/C=C\CCCCCCCC(N)N=C=O. The maximum absolute atomic E-state index is 10.00. The molecule has 0 heterocycles. The van der Waals surface area contributed by atoms with Crippen LogP contribution in [-0.2, 0) is 4.79 Å². The van der Waals surface area contributed by atoms with E-state index in [-0.39, 0.29) is 6.17 Å². The predicted octanol–water partition coefficient (Wildman–Crippen LogP) is 5.64. The van der Waals surface area contributed by atoms with Crippen molar-refractivity contribution in [1.29, 1.82) is 0 Å². The minimum absolute atomic E-state index is 0.345. The number of unbranched alkanes of at least 4 members (excludes halogenated alkanes) is 11. The monoisotopic (exact) mass is 308 g/mol. The Hall–Kier alpha value is -0.920. The van der Waals surface area contributed by atoms with Crippen LogP contribution in [0.25, 0.3) is 0 Å². The van der Waals surface area contributed by atoms with Gasteiger partial charge in [-0.25, -0.2) is 4.79 Å². The van der Waals surface area contributed by atoms with E-state index in [1.54, 1.807) is 0 Å². The number of nitrogens with zero attached hydrogens (tertiary/aromatic N) is 1. The van der Waals surface area contributed by atoms with Crippen molar-refractivity contribution in [1.82, 2.24) is 0 Å². The number of hydrogen-bond acceptors (Lipinski definition) is 3. The van der Waals surface area contributed by atoms with Gasteiger partial charge in [0.1, 0.15) is 6.17 Å². The van der Waals surface area contributed by atoms with E-state index in [1.807, 2.05) is 0 Å². The van der Waals surface area contributed by atoms with E-state index < -0.39 is 0 Å². The first-order valence-corrected chi connectivity index (χ1v) is 9.28.